The molecule has 0 spiro atoms. The number of halogens is 1. The predicted molar refractivity (Wildman–Crippen MR) is 121 cm³/mol. The van der Waals surface area contributed by atoms with Crippen LogP contribution >= 0.6 is 11.6 Å². The Balaban J connectivity index is 1.36. The Morgan fingerprint density at radius 2 is 1.56 bits per heavy atom. The van der Waals surface area contributed by atoms with Crippen LogP contribution in [0.25, 0.3) is 0 Å². The maximum Gasteiger partial charge on any atom is 0.259 e. The molecule has 7 nitrogen and oxygen atoms in total. The van der Waals surface area contributed by atoms with Gasteiger partial charge in [-0.2, -0.15) is 5.10 Å². The molecular weight excluding hydrogens is 430 g/mol. The SMILES string of the molecule is O=C(CNC(=O)C(c1ccccc1)c1ccccc1)N/N=C/c1cc2c(cc1Cl)OCO2. The normalized spacial score (nSPS) is 12.2. The molecule has 0 aromatic heterocycles. The second-order valence-corrected chi connectivity index (χ2v) is 7.40. The van der Waals surface area contributed by atoms with Gasteiger partial charge >= 0.3 is 0 Å². The lowest BCUT2D eigenvalue weighted by Gasteiger charge is -2.17. The van der Waals surface area contributed by atoms with Crippen LogP contribution in [-0.4, -0.2) is 31.4 Å². The molecule has 0 fully saturated rings. The number of ether oxygens (including phenoxy) is 2. The zero-order chi connectivity index (χ0) is 22.3. The Bertz CT molecular complexity index is 1100. The van der Waals surface area contributed by atoms with Crippen molar-refractivity contribution in [3.63, 3.8) is 0 Å². The van der Waals surface area contributed by atoms with Gasteiger partial charge in [-0.05, 0) is 17.2 Å². The van der Waals surface area contributed by atoms with Crippen LogP contribution in [0.2, 0.25) is 5.02 Å². The van der Waals surface area contributed by atoms with Crippen molar-refractivity contribution in [1.29, 1.82) is 0 Å². The molecule has 0 saturated heterocycles. The molecule has 1 heterocycles. The second kappa shape index (κ2) is 9.98. The number of hydrogen-bond acceptors (Lipinski definition) is 5. The van der Waals surface area contributed by atoms with Gasteiger partial charge in [0.05, 0.1) is 23.7 Å². The summed E-state index contributed by atoms with van der Waals surface area (Å²) >= 11 is 6.18. The number of nitrogens with one attached hydrogen (secondary N) is 2. The Morgan fingerprint density at radius 1 is 0.969 bits per heavy atom. The molecule has 1 aliphatic rings. The maximum atomic E-state index is 12.9. The molecule has 0 unspecified atom stereocenters. The number of benzene rings is 3. The van der Waals surface area contributed by atoms with Crippen LogP contribution in [0.15, 0.2) is 77.9 Å². The third-order valence-electron chi connectivity index (χ3n) is 4.84. The van der Waals surface area contributed by atoms with Crippen molar-refractivity contribution in [3.8, 4) is 11.5 Å². The fourth-order valence-corrected chi connectivity index (χ4v) is 3.50. The highest BCUT2D eigenvalue weighted by molar-refractivity contribution is 6.33. The number of fused-ring (bicyclic) bond motifs is 1. The summed E-state index contributed by atoms with van der Waals surface area (Å²) in [5.74, 6) is -0.152. The molecule has 32 heavy (non-hydrogen) atoms. The minimum atomic E-state index is -0.527. The van der Waals surface area contributed by atoms with E-state index in [0.717, 1.165) is 11.1 Å². The summed E-state index contributed by atoms with van der Waals surface area (Å²) in [6.45, 7) is -0.0864. The lowest BCUT2D eigenvalue weighted by molar-refractivity contribution is -0.126. The number of hydrogen-bond donors (Lipinski definition) is 2. The molecule has 4 rings (SSSR count). The molecule has 0 bridgehead atoms. The molecule has 3 aromatic carbocycles. The van der Waals surface area contributed by atoms with Crippen molar-refractivity contribution < 1.29 is 19.1 Å². The van der Waals surface area contributed by atoms with E-state index in [1.54, 1.807) is 12.1 Å². The van der Waals surface area contributed by atoms with Gasteiger partial charge in [0.2, 0.25) is 12.7 Å². The Labute approximate surface area is 190 Å². The van der Waals surface area contributed by atoms with Crippen LogP contribution in [-0.2, 0) is 9.59 Å². The Hall–Kier alpha value is -3.84. The van der Waals surface area contributed by atoms with Gasteiger partial charge in [-0.15, -0.1) is 0 Å². The number of carbonyl (C=O) groups excluding carboxylic acids is 2. The minimum Gasteiger partial charge on any atom is -0.454 e. The zero-order valence-electron chi connectivity index (χ0n) is 17.0. The maximum absolute atomic E-state index is 12.9. The van der Waals surface area contributed by atoms with E-state index in [2.05, 4.69) is 15.8 Å². The number of carbonyl (C=O) groups is 2. The second-order valence-electron chi connectivity index (χ2n) is 6.99. The summed E-state index contributed by atoms with van der Waals surface area (Å²) in [5, 5.41) is 7.01. The first-order chi connectivity index (χ1) is 15.6. The summed E-state index contributed by atoms with van der Waals surface area (Å²) < 4.78 is 10.6. The van der Waals surface area contributed by atoms with E-state index in [9.17, 15) is 9.59 Å². The highest BCUT2D eigenvalue weighted by atomic mass is 35.5. The van der Waals surface area contributed by atoms with Crippen molar-refractivity contribution >= 4 is 29.6 Å². The van der Waals surface area contributed by atoms with E-state index >= 15 is 0 Å². The van der Waals surface area contributed by atoms with Gasteiger partial charge in [-0.3, -0.25) is 9.59 Å². The molecule has 3 aromatic rings. The molecule has 0 atom stereocenters. The van der Waals surface area contributed by atoms with E-state index in [0.29, 0.717) is 22.1 Å². The average Bonchev–Trinajstić information content (AvgIpc) is 3.26. The average molecular weight is 450 g/mol. The number of amides is 2. The summed E-state index contributed by atoms with van der Waals surface area (Å²) in [7, 11) is 0. The summed E-state index contributed by atoms with van der Waals surface area (Å²) in [5.41, 5.74) is 4.63. The summed E-state index contributed by atoms with van der Waals surface area (Å²) in [6.07, 6.45) is 1.40. The molecule has 2 N–H and O–H groups in total. The first-order valence-electron chi connectivity index (χ1n) is 9.90. The molecule has 0 radical (unpaired) electrons. The highest BCUT2D eigenvalue weighted by Gasteiger charge is 2.22. The van der Waals surface area contributed by atoms with E-state index in [-0.39, 0.29) is 19.2 Å². The molecule has 8 heteroatoms. The molecule has 2 amide bonds. The third kappa shape index (κ3) is 5.07. The quantitative estimate of drug-likeness (QED) is 0.427. The van der Waals surface area contributed by atoms with Crippen molar-refractivity contribution in [2.75, 3.05) is 13.3 Å². The highest BCUT2D eigenvalue weighted by Crippen LogP contribution is 2.36. The van der Waals surface area contributed by atoms with Gasteiger partial charge in [0.15, 0.2) is 11.5 Å². The largest absolute Gasteiger partial charge is 0.454 e. The van der Waals surface area contributed by atoms with Crippen molar-refractivity contribution in [3.05, 3.63) is 94.5 Å². The van der Waals surface area contributed by atoms with Crippen LogP contribution in [0.3, 0.4) is 0 Å². The topological polar surface area (TPSA) is 89.0 Å². The standard InChI is InChI=1S/C24H20ClN3O4/c25-19-12-21-20(31-15-32-21)11-18(19)13-27-28-22(29)14-26-24(30)23(16-7-3-1-4-8-16)17-9-5-2-6-10-17/h1-13,23H,14-15H2,(H,26,30)(H,28,29)/b27-13+. The Kier molecular flexibility index (Phi) is 6.67. The van der Waals surface area contributed by atoms with E-state index in [1.165, 1.54) is 6.21 Å². The van der Waals surface area contributed by atoms with E-state index in [4.69, 9.17) is 21.1 Å². The monoisotopic (exact) mass is 449 g/mol. The first kappa shape index (κ1) is 21.4. The third-order valence-corrected chi connectivity index (χ3v) is 5.16. The van der Waals surface area contributed by atoms with Gasteiger partial charge < -0.3 is 14.8 Å². The lowest BCUT2D eigenvalue weighted by Crippen LogP contribution is -2.37. The predicted octanol–water partition coefficient (Wildman–Crippen LogP) is 3.47. The number of nitrogens with zero attached hydrogens (tertiary/aromatic N) is 1. The molecular formula is C24H20ClN3O4. The van der Waals surface area contributed by atoms with Crippen LogP contribution in [0.5, 0.6) is 11.5 Å². The van der Waals surface area contributed by atoms with E-state index < -0.39 is 11.8 Å². The summed E-state index contributed by atoms with van der Waals surface area (Å²) in [4.78, 5) is 25.1. The summed E-state index contributed by atoms with van der Waals surface area (Å²) in [6, 6.07) is 22.1. The lowest BCUT2D eigenvalue weighted by atomic mass is 9.90. The van der Waals surface area contributed by atoms with Crippen LogP contribution < -0.4 is 20.2 Å². The molecule has 0 aliphatic carbocycles. The van der Waals surface area contributed by atoms with Gasteiger partial charge in [0.25, 0.3) is 5.91 Å². The Morgan fingerprint density at radius 3 is 2.19 bits per heavy atom. The number of rotatable bonds is 7. The van der Waals surface area contributed by atoms with Gasteiger partial charge in [-0.1, -0.05) is 72.3 Å². The van der Waals surface area contributed by atoms with Crippen molar-refractivity contribution in [2.45, 2.75) is 5.92 Å². The van der Waals surface area contributed by atoms with Gasteiger partial charge in [0.1, 0.15) is 0 Å². The molecule has 162 valence electrons. The number of hydrazone groups is 1. The fraction of sp³-hybridized carbons (Fsp3) is 0.125. The van der Waals surface area contributed by atoms with Gasteiger partial charge in [0, 0.05) is 11.6 Å². The van der Waals surface area contributed by atoms with Gasteiger partial charge in [-0.25, -0.2) is 5.43 Å². The molecule has 1 aliphatic heterocycles. The molecule has 0 saturated carbocycles. The van der Waals surface area contributed by atoms with E-state index in [1.807, 2.05) is 60.7 Å². The fourth-order valence-electron chi connectivity index (χ4n) is 3.30. The minimum absolute atomic E-state index is 0.135. The zero-order valence-corrected chi connectivity index (χ0v) is 17.7. The van der Waals surface area contributed by atoms with Crippen molar-refractivity contribution in [2.24, 2.45) is 5.10 Å². The van der Waals surface area contributed by atoms with Crippen LogP contribution in [0.1, 0.15) is 22.6 Å². The smallest absolute Gasteiger partial charge is 0.259 e. The van der Waals surface area contributed by atoms with Crippen molar-refractivity contribution in [1.82, 2.24) is 10.7 Å². The first-order valence-corrected chi connectivity index (χ1v) is 10.3. The van der Waals surface area contributed by atoms with Crippen LogP contribution in [0.4, 0.5) is 0 Å². The van der Waals surface area contributed by atoms with Crippen LogP contribution in [0, 0.1) is 0 Å².